The van der Waals surface area contributed by atoms with Crippen LogP contribution in [0, 0.1) is 5.82 Å². The number of imidazole rings is 1. The fourth-order valence-corrected chi connectivity index (χ4v) is 2.92. The van der Waals surface area contributed by atoms with E-state index >= 15 is 0 Å². The number of nitrogens with one attached hydrogen (secondary N) is 1. The molecule has 0 radical (unpaired) electrons. The third kappa shape index (κ3) is 3.56. The van der Waals surface area contributed by atoms with Crippen LogP contribution in [0.25, 0.3) is 0 Å². The molecular weight excluding hydrogens is 311 g/mol. The maximum Gasteiger partial charge on any atom is 0.318 e. The second-order valence-corrected chi connectivity index (χ2v) is 6.05. The molecule has 1 aliphatic rings. The van der Waals surface area contributed by atoms with Gasteiger partial charge in [-0.3, -0.25) is 0 Å². The van der Waals surface area contributed by atoms with E-state index < -0.39 is 6.04 Å². The fraction of sp³-hybridized carbons (Fsp3) is 0.412. The van der Waals surface area contributed by atoms with Crippen molar-refractivity contribution in [2.45, 2.75) is 25.0 Å². The van der Waals surface area contributed by atoms with Gasteiger partial charge >= 0.3 is 6.03 Å². The smallest absolute Gasteiger partial charge is 0.318 e. The van der Waals surface area contributed by atoms with E-state index in [9.17, 15) is 14.3 Å². The Bertz CT molecular complexity index is 710. The summed E-state index contributed by atoms with van der Waals surface area (Å²) in [4.78, 5) is 18.6. The number of aryl methyl sites for hydroxylation is 1. The van der Waals surface area contributed by atoms with E-state index in [0.717, 1.165) is 0 Å². The van der Waals surface area contributed by atoms with Crippen molar-refractivity contribution >= 4 is 6.03 Å². The Morgan fingerprint density at radius 1 is 1.42 bits per heavy atom. The molecule has 2 heterocycles. The minimum Gasteiger partial charge on any atom is -0.393 e. The van der Waals surface area contributed by atoms with Crippen LogP contribution in [0.15, 0.2) is 36.7 Å². The number of carbonyl (C=O) groups excluding carboxylic acids is 1. The van der Waals surface area contributed by atoms with Crippen molar-refractivity contribution in [1.82, 2.24) is 19.8 Å². The molecule has 1 atom stereocenters. The molecule has 0 saturated carbocycles. The van der Waals surface area contributed by atoms with Crippen molar-refractivity contribution < 1.29 is 14.3 Å². The number of benzene rings is 1. The van der Waals surface area contributed by atoms with Gasteiger partial charge in [0.2, 0.25) is 0 Å². The van der Waals surface area contributed by atoms with E-state index in [2.05, 4.69) is 10.3 Å². The number of hydrogen-bond acceptors (Lipinski definition) is 3. The Kier molecular flexibility index (Phi) is 4.80. The summed E-state index contributed by atoms with van der Waals surface area (Å²) in [6, 6.07) is 5.37. The molecule has 1 fully saturated rings. The Hall–Kier alpha value is -2.41. The first-order valence-corrected chi connectivity index (χ1v) is 8.01. The van der Waals surface area contributed by atoms with E-state index in [-0.39, 0.29) is 18.0 Å². The molecule has 0 bridgehead atoms. The lowest BCUT2D eigenvalue weighted by molar-refractivity contribution is 0.0930. The second kappa shape index (κ2) is 7.00. The Morgan fingerprint density at radius 2 is 2.17 bits per heavy atom. The van der Waals surface area contributed by atoms with Gasteiger partial charge in [-0.2, -0.15) is 0 Å². The van der Waals surface area contributed by atoms with Gasteiger partial charge in [0, 0.05) is 32.5 Å². The predicted octanol–water partition coefficient (Wildman–Crippen LogP) is 1.81. The molecule has 3 rings (SSSR count). The van der Waals surface area contributed by atoms with E-state index in [0.29, 0.717) is 37.3 Å². The van der Waals surface area contributed by atoms with E-state index in [1.54, 1.807) is 34.0 Å². The zero-order valence-electron chi connectivity index (χ0n) is 13.5. The van der Waals surface area contributed by atoms with Crippen LogP contribution in [0.5, 0.6) is 0 Å². The summed E-state index contributed by atoms with van der Waals surface area (Å²) in [5.74, 6) is 0.271. The first kappa shape index (κ1) is 16.4. The zero-order valence-corrected chi connectivity index (χ0v) is 13.5. The zero-order chi connectivity index (χ0) is 17.1. The number of aromatic nitrogens is 2. The number of rotatable bonds is 3. The van der Waals surface area contributed by atoms with Gasteiger partial charge in [-0.1, -0.05) is 12.1 Å². The lowest BCUT2D eigenvalue weighted by Gasteiger charge is -2.31. The highest BCUT2D eigenvalue weighted by atomic mass is 19.1. The number of urea groups is 1. The standard InChI is InChI=1S/C17H21FN4O2/c1-21-10-7-19-16(21)15(12-3-2-4-13(18)11-12)20-17(24)22-8-5-14(23)6-9-22/h2-4,7,10-11,14-15,23H,5-6,8-9H2,1H3,(H,20,24)/t15-/m1/s1. The number of nitrogens with zero attached hydrogens (tertiary/aromatic N) is 3. The number of amides is 2. The maximum absolute atomic E-state index is 13.6. The van der Waals surface area contributed by atoms with Gasteiger partial charge in [0.05, 0.1) is 6.10 Å². The summed E-state index contributed by atoms with van der Waals surface area (Å²) in [6.07, 6.45) is 4.22. The average Bonchev–Trinajstić information content (AvgIpc) is 2.99. The normalized spacial score (nSPS) is 16.9. The van der Waals surface area contributed by atoms with Crippen molar-refractivity contribution in [3.8, 4) is 0 Å². The highest BCUT2D eigenvalue weighted by Gasteiger charge is 2.26. The van der Waals surface area contributed by atoms with Crippen molar-refractivity contribution in [2.75, 3.05) is 13.1 Å². The van der Waals surface area contributed by atoms with Crippen LogP contribution < -0.4 is 5.32 Å². The van der Waals surface area contributed by atoms with Gasteiger partial charge in [0.1, 0.15) is 17.7 Å². The molecule has 1 aromatic carbocycles. The van der Waals surface area contributed by atoms with Crippen LogP contribution in [0.4, 0.5) is 9.18 Å². The van der Waals surface area contributed by atoms with Gasteiger partial charge in [-0.05, 0) is 30.5 Å². The van der Waals surface area contributed by atoms with Crippen LogP contribution in [0.1, 0.15) is 30.3 Å². The SMILES string of the molecule is Cn1ccnc1[C@H](NC(=O)N1CCC(O)CC1)c1cccc(F)c1. The van der Waals surface area contributed by atoms with Crippen LogP contribution in [-0.4, -0.2) is 44.8 Å². The molecule has 2 amide bonds. The van der Waals surface area contributed by atoms with Gasteiger partial charge in [0.15, 0.2) is 0 Å². The minimum absolute atomic E-state index is 0.237. The lowest BCUT2D eigenvalue weighted by atomic mass is 10.1. The van der Waals surface area contributed by atoms with Gasteiger partial charge in [-0.15, -0.1) is 0 Å². The summed E-state index contributed by atoms with van der Waals surface area (Å²) in [5.41, 5.74) is 0.634. The molecule has 0 unspecified atom stereocenters. The van der Waals surface area contributed by atoms with Crippen molar-refractivity contribution in [1.29, 1.82) is 0 Å². The number of aliphatic hydroxyl groups excluding tert-OH is 1. The van der Waals surface area contributed by atoms with Crippen LogP contribution in [0.3, 0.4) is 0 Å². The Labute approximate surface area is 139 Å². The summed E-state index contributed by atoms with van der Waals surface area (Å²) in [7, 11) is 1.83. The number of hydrogen-bond donors (Lipinski definition) is 2. The highest BCUT2D eigenvalue weighted by molar-refractivity contribution is 5.75. The molecule has 1 aromatic heterocycles. The largest absolute Gasteiger partial charge is 0.393 e. The van der Waals surface area contributed by atoms with Crippen molar-refractivity contribution in [3.63, 3.8) is 0 Å². The topological polar surface area (TPSA) is 70.4 Å². The van der Waals surface area contributed by atoms with Crippen LogP contribution in [-0.2, 0) is 7.05 Å². The molecule has 2 aromatic rings. The van der Waals surface area contributed by atoms with Gasteiger partial charge in [-0.25, -0.2) is 14.2 Å². The summed E-state index contributed by atoms with van der Waals surface area (Å²) < 4.78 is 15.4. The molecular formula is C17H21FN4O2. The first-order valence-electron chi connectivity index (χ1n) is 8.01. The monoisotopic (exact) mass is 332 g/mol. The predicted molar refractivity (Wildman–Crippen MR) is 86.8 cm³/mol. The van der Waals surface area contributed by atoms with Gasteiger partial charge < -0.3 is 19.9 Å². The first-order chi connectivity index (χ1) is 11.5. The molecule has 128 valence electrons. The lowest BCUT2D eigenvalue weighted by Crippen LogP contribution is -2.47. The second-order valence-electron chi connectivity index (χ2n) is 6.05. The third-order valence-electron chi connectivity index (χ3n) is 4.32. The molecule has 1 aliphatic heterocycles. The Balaban J connectivity index is 1.83. The Morgan fingerprint density at radius 3 is 2.79 bits per heavy atom. The van der Waals surface area contributed by atoms with Crippen molar-refractivity contribution in [2.24, 2.45) is 7.05 Å². The van der Waals surface area contributed by atoms with Gasteiger partial charge in [0.25, 0.3) is 0 Å². The molecule has 0 aliphatic carbocycles. The van der Waals surface area contributed by atoms with E-state index in [1.165, 1.54) is 12.1 Å². The van der Waals surface area contributed by atoms with Crippen molar-refractivity contribution in [3.05, 3.63) is 53.9 Å². The molecule has 0 spiro atoms. The van der Waals surface area contributed by atoms with E-state index in [1.807, 2.05) is 7.05 Å². The summed E-state index contributed by atoms with van der Waals surface area (Å²) >= 11 is 0. The summed E-state index contributed by atoms with van der Waals surface area (Å²) in [6.45, 7) is 1.01. The summed E-state index contributed by atoms with van der Waals surface area (Å²) in [5, 5.41) is 12.5. The molecule has 1 saturated heterocycles. The van der Waals surface area contributed by atoms with Crippen LogP contribution >= 0.6 is 0 Å². The minimum atomic E-state index is -0.542. The maximum atomic E-state index is 13.6. The number of carbonyl (C=O) groups is 1. The van der Waals surface area contributed by atoms with Crippen LogP contribution in [0.2, 0.25) is 0 Å². The average molecular weight is 332 g/mol. The molecule has 7 heteroatoms. The molecule has 24 heavy (non-hydrogen) atoms. The fourth-order valence-electron chi connectivity index (χ4n) is 2.92. The third-order valence-corrected chi connectivity index (χ3v) is 4.32. The highest BCUT2D eigenvalue weighted by Crippen LogP contribution is 2.22. The number of aliphatic hydroxyl groups is 1. The van der Waals surface area contributed by atoms with E-state index in [4.69, 9.17) is 0 Å². The number of halogens is 1. The number of piperidine rings is 1. The number of likely N-dealkylation sites (tertiary alicyclic amines) is 1. The quantitative estimate of drug-likeness (QED) is 0.901. The molecule has 6 nitrogen and oxygen atoms in total. The molecule has 2 N–H and O–H groups in total.